The summed E-state index contributed by atoms with van der Waals surface area (Å²) in [5, 5.41) is 17.2. The highest BCUT2D eigenvalue weighted by atomic mass is 16.5. The highest BCUT2D eigenvalue weighted by Crippen LogP contribution is 2.25. The van der Waals surface area contributed by atoms with Gasteiger partial charge in [0, 0.05) is 31.1 Å². The van der Waals surface area contributed by atoms with E-state index in [4.69, 9.17) is 4.74 Å². The minimum atomic E-state index is -0.700. The van der Waals surface area contributed by atoms with Gasteiger partial charge in [-0.25, -0.2) is 4.98 Å². The lowest BCUT2D eigenvalue weighted by atomic mass is 10.1. The lowest BCUT2D eigenvalue weighted by Gasteiger charge is -2.14. The number of ether oxygens (including phenoxy) is 1. The molecule has 0 saturated heterocycles. The average molecular weight is 436 g/mol. The van der Waals surface area contributed by atoms with E-state index in [1.165, 1.54) is 11.1 Å². The van der Waals surface area contributed by atoms with Gasteiger partial charge in [-0.3, -0.25) is 4.79 Å². The van der Waals surface area contributed by atoms with Crippen LogP contribution in [0.5, 0.6) is 5.75 Å². The largest absolute Gasteiger partial charge is 0.493 e. The fourth-order valence-corrected chi connectivity index (χ4v) is 3.42. The maximum absolute atomic E-state index is 12.7. The number of nitrogens with one attached hydrogen (secondary N) is 2. The third-order valence-corrected chi connectivity index (χ3v) is 5.27. The molecule has 0 unspecified atom stereocenters. The fourth-order valence-electron chi connectivity index (χ4n) is 3.42. The molecule has 0 aliphatic heterocycles. The van der Waals surface area contributed by atoms with Gasteiger partial charge in [0.05, 0.1) is 18.2 Å². The molecule has 0 bridgehead atoms. The summed E-state index contributed by atoms with van der Waals surface area (Å²) >= 11 is 0. The van der Waals surface area contributed by atoms with E-state index in [-0.39, 0.29) is 18.1 Å². The van der Waals surface area contributed by atoms with Crippen LogP contribution in [0.15, 0.2) is 54.6 Å². The second kappa shape index (κ2) is 12.2. The minimum Gasteiger partial charge on any atom is -0.493 e. The van der Waals surface area contributed by atoms with Gasteiger partial charge in [-0.15, -0.1) is 0 Å². The molecule has 0 radical (unpaired) electrons. The van der Waals surface area contributed by atoms with Gasteiger partial charge >= 0.3 is 0 Å². The molecule has 0 aliphatic carbocycles. The average Bonchev–Trinajstić information content (AvgIpc) is 2.82. The van der Waals surface area contributed by atoms with Gasteiger partial charge in [0.15, 0.2) is 0 Å². The van der Waals surface area contributed by atoms with Crippen LogP contribution < -0.4 is 15.4 Å². The molecule has 0 fully saturated rings. The molecule has 6 heteroatoms. The van der Waals surface area contributed by atoms with E-state index in [1.54, 1.807) is 6.07 Å². The maximum atomic E-state index is 12.7. The van der Waals surface area contributed by atoms with Crippen LogP contribution in [0.25, 0.3) is 10.9 Å². The molecule has 3 N–H and O–H groups in total. The van der Waals surface area contributed by atoms with Crippen molar-refractivity contribution in [3.63, 3.8) is 0 Å². The number of carbonyl (C=O) groups excluding carboxylic acids is 1. The van der Waals surface area contributed by atoms with Crippen molar-refractivity contribution in [1.82, 2.24) is 15.6 Å². The normalized spacial score (nSPS) is 12.0. The standard InChI is InChI=1S/C26H33N3O3/c1-3-5-13-32-25-15-24(29-23-12-7-6-11-22(23)25)26(31)28-18-21(30)17-27-16-20-10-8-9-19(4-2)14-20/h6-12,14-15,21,27,30H,3-5,13,16-18H2,1-2H3,(H,28,31)/t21-/m1/s1. The van der Waals surface area contributed by atoms with Crippen molar-refractivity contribution in [2.24, 2.45) is 0 Å². The summed E-state index contributed by atoms with van der Waals surface area (Å²) in [7, 11) is 0. The van der Waals surface area contributed by atoms with Crippen molar-refractivity contribution in [3.05, 3.63) is 71.4 Å². The summed E-state index contributed by atoms with van der Waals surface area (Å²) in [5.41, 5.74) is 3.46. The van der Waals surface area contributed by atoms with E-state index in [0.717, 1.165) is 24.6 Å². The summed E-state index contributed by atoms with van der Waals surface area (Å²) in [5.74, 6) is 0.330. The molecule has 3 aromatic rings. The number of amides is 1. The zero-order valence-corrected chi connectivity index (χ0v) is 18.9. The number of benzene rings is 2. The molecule has 1 heterocycles. The molecule has 0 saturated carbocycles. The van der Waals surface area contributed by atoms with Crippen LogP contribution in [0.2, 0.25) is 0 Å². The highest BCUT2D eigenvalue weighted by molar-refractivity contribution is 5.97. The van der Waals surface area contributed by atoms with Crippen LogP contribution in [0.3, 0.4) is 0 Å². The van der Waals surface area contributed by atoms with Gasteiger partial charge in [0.2, 0.25) is 0 Å². The second-order valence-electron chi connectivity index (χ2n) is 7.89. The number of rotatable bonds is 12. The lowest BCUT2D eigenvalue weighted by molar-refractivity contribution is 0.0910. The summed E-state index contributed by atoms with van der Waals surface area (Å²) in [6.45, 7) is 6.02. The molecule has 0 aliphatic rings. The molecule has 3 rings (SSSR count). The highest BCUT2D eigenvalue weighted by Gasteiger charge is 2.14. The lowest BCUT2D eigenvalue weighted by Crippen LogP contribution is -2.38. The van der Waals surface area contributed by atoms with Crippen LogP contribution in [0, 0.1) is 0 Å². The number of unbranched alkanes of at least 4 members (excludes halogenated alkanes) is 1. The number of hydrogen-bond acceptors (Lipinski definition) is 5. The Balaban J connectivity index is 1.54. The number of pyridine rings is 1. The predicted molar refractivity (Wildman–Crippen MR) is 128 cm³/mol. The first-order valence-corrected chi connectivity index (χ1v) is 11.4. The summed E-state index contributed by atoms with van der Waals surface area (Å²) in [4.78, 5) is 17.2. The SMILES string of the molecule is CCCCOc1cc(C(=O)NC[C@H](O)CNCc2cccc(CC)c2)nc2ccccc12. The Kier molecular flexibility index (Phi) is 9.01. The fraction of sp³-hybridized carbons (Fsp3) is 0.385. The molecule has 32 heavy (non-hydrogen) atoms. The number of aliphatic hydroxyl groups excluding tert-OH is 1. The number of aromatic nitrogens is 1. The van der Waals surface area contributed by atoms with Crippen molar-refractivity contribution in [1.29, 1.82) is 0 Å². The van der Waals surface area contributed by atoms with Crippen LogP contribution >= 0.6 is 0 Å². The Morgan fingerprint density at radius 2 is 1.88 bits per heavy atom. The summed E-state index contributed by atoms with van der Waals surface area (Å²) < 4.78 is 5.91. The Hall–Kier alpha value is -2.96. The monoisotopic (exact) mass is 435 g/mol. The first-order valence-electron chi connectivity index (χ1n) is 11.4. The van der Waals surface area contributed by atoms with Gasteiger partial charge in [-0.05, 0) is 36.1 Å². The molecule has 0 spiro atoms. The van der Waals surface area contributed by atoms with Crippen LogP contribution in [0.4, 0.5) is 0 Å². The molecular weight excluding hydrogens is 402 g/mol. The van der Waals surface area contributed by atoms with Crippen LogP contribution in [-0.2, 0) is 13.0 Å². The van der Waals surface area contributed by atoms with E-state index >= 15 is 0 Å². The minimum absolute atomic E-state index is 0.140. The second-order valence-corrected chi connectivity index (χ2v) is 7.89. The smallest absolute Gasteiger partial charge is 0.270 e. The number of aryl methyl sites for hydroxylation is 1. The van der Waals surface area contributed by atoms with E-state index in [1.807, 2.05) is 30.3 Å². The Labute approximate surface area is 190 Å². The first kappa shape index (κ1) is 23.7. The molecule has 1 amide bonds. The number of hydrogen-bond donors (Lipinski definition) is 3. The molecule has 2 aromatic carbocycles. The molecule has 1 atom stereocenters. The number of fused-ring (bicyclic) bond motifs is 1. The Morgan fingerprint density at radius 1 is 1.06 bits per heavy atom. The van der Waals surface area contributed by atoms with Crippen molar-refractivity contribution in [3.8, 4) is 5.75 Å². The zero-order chi connectivity index (χ0) is 22.8. The van der Waals surface area contributed by atoms with E-state index in [9.17, 15) is 9.90 Å². The zero-order valence-electron chi connectivity index (χ0n) is 18.9. The van der Waals surface area contributed by atoms with E-state index in [2.05, 4.69) is 47.7 Å². The third-order valence-electron chi connectivity index (χ3n) is 5.27. The van der Waals surface area contributed by atoms with Crippen LogP contribution in [-0.4, -0.2) is 41.8 Å². The van der Waals surface area contributed by atoms with E-state index in [0.29, 0.717) is 31.0 Å². The maximum Gasteiger partial charge on any atom is 0.270 e. The molecule has 170 valence electrons. The van der Waals surface area contributed by atoms with Crippen molar-refractivity contribution in [2.45, 2.75) is 45.8 Å². The van der Waals surface area contributed by atoms with Crippen molar-refractivity contribution >= 4 is 16.8 Å². The summed E-state index contributed by atoms with van der Waals surface area (Å²) in [6.07, 6.45) is 2.28. The van der Waals surface area contributed by atoms with Crippen molar-refractivity contribution < 1.29 is 14.6 Å². The van der Waals surface area contributed by atoms with Gasteiger partial charge in [-0.1, -0.05) is 56.7 Å². The van der Waals surface area contributed by atoms with Gasteiger partial charge in [-0.2, -0.15) is 0 Å². The van der Waals surface area contributed by atoms with E-state index < -0.39 is 6.10 Å². The predicted octanol–water partition coefficient (Wildman–Crippen LogP) is 3.86. The molecular formula is C26H33N3O3. The number of carbonyl (C=O) groups is 1. The topological polar surface area (TPSA) is 83.5 Å². The van der Waals surface area contributed by atoms with Crippen LogP contribution in [0.1, 0.15) is 48.3 Å². The first-order chi connectivity index (χ1) is 15.6. The van der Waals surface area contributed by atoms with Crippen molar-refractivity contribution in [2.75, 3.05) is 19.7 Å². The van der Waals surface area contributed by atoms with Gasteiger partial charge in [0.1, 0.15) is 11.4 Å². The van der Waals surface area contributed by atoms with Gasteiger partial charge < -0.3 is 20.5 Å². The van der Waals surface area contributed by atoms with Gasteiger partial charge in [0.25, 0.3) is 5.91 Å². The Morgan fingerprint density at radius 3 is 2.69 bits per heavy atom. The number of para-hydroxylation sites is 1. The quantitative estimate of drug-likeness (QED) is 0.376. The number of nitrogens with zero attached hydrogens (tertiary/aromatic N) is 1. The Bertz CT molecular complexity index is 1020. The summed E-state index contributed by atoms with van der Waals surface area (Å²) in [6, 6.07) is 17.7. The third kappa shape index (κ3) is 6.77. The molecule has 1 aromatic heterocycles. The number of aliphatic hydroxyl groups is 1. The molecule has 6 nitrogen and oxygen atoms in total.